The van der Waals surface area contributed by atoms with Crippen LogP contribution >= 0.6 is 11.8 Å². The topological polar surface area (TPSA) is 66.9 Å². The number of esters is 1. The van der Waals surface area contributed by atoms with Crippen molar-refractivity contribution in [3.05, 3.63) is 47.3 Å². The third kappa shape index (κ3) is 7.05. The molecule has 4 rings (SSSR count). The summed E-state index contributed by atoms with van der Waals surface area (Å²) in [6, 6.07) is 6.04. The zero-order valence-electron chi connectivity index (χ0n) is 21.3. The van der Waals surface area contributed by atoms with Gasteiger partial charge in [-0.05, 0) is 69.7 Å². The minimum Gasteiger partial charge on any atom is -0.465 e. The number of carbonyl (C=O) groups is 3. The number of carbonyl (C=O) groups excluding carboxylic acids is 3. The van der Waals surface area contributed by atoms with Crippen LogP contribution in [0.1, 0.15) is 57.6 Å². The molecule has 36 heavy (non-hydrogen) atoms. The Balaban J connectivity index is 1.50. The number of allylic oxidation sites excluding steroid dienone is 1. The lowest BCUT2D eigenvalue weighted by atomic mass is 9.89. The molecular formula is C28H37FN2O4S. The molecule has 0 amide bonds. The first-order valence-corrected chi connectivity index (χ1v) is 14.0. The number of benzene rings is 1. The van der Waals surface area contributed by atoms with Crippen molar-refractivity contribution >= 4 is 28.6 Å². The van der Waals surface area contributed by atoms with Crippen molar-refractivity contribution in [1.82, 2.24) is 9.80 Å². The number of ketones is 1. The van der Waals surface area contributed by atoms with Gasteiger partial charge in [0.25, 0.3) is 0 Å². The second-order valence-electron chi connectivity index (χ2n) is 10.1. The summed E-state index contributed by atoms with van der Waals surface area (Å²) in [6.07, 6.45) is 6.67. The average molecular weight is 517 g/mol. The van der Waals surface area contributed by atoms with Crippen LogP contribution in [0.15, 0.2) is 35.9 Å². The number of thioether (sulfide) groups is 1. The standard InChI is InChI=1S/C28H37FN2O4S/c1-3-35-26(33)18-30-13-10-20(11-14-30)16-22-17-31(15-12-25(22)36-19(2)32)27(28(34)21-8-9-21)23-6-4-5-7-24(23)29/h4-7,16,20-21,25,27H,3,8-15,17-18H2,1-2H3/b22-16+. The van der Waals surface area contributed by atoms with E-state index in [-0.39, 0.29) is 33.9 Å². The number of rotatable bonds is 9. The fraction of sp³-hybridized carbons (Fsp3) is 0.607. The van der Waals surface area contributed by atoms with Gasteiger partial charge in [-0.2, -0.15) is 0 Å². The Morgan fingerprint density at radius 1 is 1.11 bits per heavy atom. The molecule has 0 bridgehead atoms. The van der Waals surface area contributed by atoms with Crippen LogP contribution in [0.25, 0.3) is 0 Å². The van der Waals surface area contributed by atoms with E-state index in [1.165, 1.54) is 17.8 Å². The predicted molar refractivity (Wildman–Crippen MR) is 139 cm³/mol. The summed E-state index contributed by atoms with van der Waals surface area (Å²) < 4.78 is 19.9. The zero-order valence-corrected chi connectivity index (χ0v) is 22.1. The van der Waals surface area contributed by atoms with Gasteiger partial charge in [-0.15, -0.1) is 0 Å². The van der Waals surface area contributed by atoms with E-state index in [1.807, 2.05) is 6.92 Å². The highest BCUT2D eigenvalue weighted by Crippen LogP contribution is 2.40. The first-order chi connectivity index (χ1) is 17.4. The number of hydrogen-bond acceptors (Lipinski definition) is 7. The van der Waals surface area contributed by atoms with E-state index in [2.05, 4.69) is 15.9 Å². The second kappa shape index (κ2) is 12.5. The number of piperidine rings is 2. The molecule has 2 heterocycles. The van der Waals surface area contributed by atoms with E-state index < -0.39 is 6.04 Å². The molecule has 0 radical (unpaired) electrons. The van der Waals surface area contributed by atoms with Gasteiger partial charge in [0.2, 0.25) is 0 Å². The maximum Gasteiger partial charge on any atom is 0.320 e. The maximum atomic E-state index is 14.9. The van der Waals surface area contributed by atoms with E-state index in [4.69, 9.17) is 4.74 Å². The fourth-order valence-electron chi connectivity index (χ4n) is 5.39. The van der Waals surface area contributed by atoms with Crippen LogP contribution in [0.5, 0.6) is 0 Å². The summed E-state index contributed by atoms with van der Waals surface area (Å²) in [4.78, 5) is 41.4. The number of halogens is 1. The van der Waals surface area contributed by atoms with Gasteiger partial charge < -0.3 is 4.74 Å². The Kier molecular flexibility index (Phi) is 9.36. The van der Waals surface area contributed by atoms with E-state index in [0.717, 1.165) is 50.8 Å². The van der Waals surface area contributed by atoms with Gasteiger partial charge in [-0.25, -0.2) is 4.39 Å². The van der Waals surface area contributed by atoms with Crippen LogP contribution < -0.4 is 0 Å². The molecule has 2 atom stereocenters. The van der Waals surface area contributed by atoms with Crippen molar-refractivity contribution in [1.29, 1.82) is 0 Å². The minimum atomic E-state index is -0.586. The minimum absolute atomic E-state index is 0.0232. The van der Waals surface area contributed by atoms with Gasteiger partial charge >= 0.3 is 5.97 Å². The molecule has 0 aromatic heterocycles. The molecule has 1 aliphatic carbocycles. The quantitative estimate of drug-likeness (QED) is 0.356. The molecule has 1 aromatic rings. The highest BCUT2D eigenvalue weighted by atomic mass is 32.2. The number of ether oxygens (including phenoxy) is 1. The summed E-state index contributed by atoms with van der Waals surface area (Å²) >= 11 is 1.36. The van der Waals surface area contributed by atoms with Gasteiger partial charge in [0.15, 0.2) is 10.9 Å². The highest BCUT2D eigenvalue weighted by molar-refractivity contribution is 8.14. The van der Waals surface area contributed by atoms with Crippen LogP contribution in [0.3, 0.4) is 0 Å². The predicted octanol–water partition coefficient (Wildman–Crippen LogP) is 4.40. The Labute approximate surface area is 217 Å². The molecule has 196 valence electrons. The van der Waals surface area contributed by atoms with Crippen LogP contribution in [0.2, 0.25) is 0 Å². The van der Waals surface area contributed by atoms with E-state index in [0.29, 0.717) is 37.7 Å². The van der Waals surface area contributed by atoms with Crippen molar-refractivity contribution in [2.24, 2.45) is 11.8 Å². The SMILES string of the molecule is CCOC(=O)CN1CCC(/C=C2\CN(C(C(=O)C3CC3)c3ccccc3F)CCC2SC(C)=O)CC1. The van der Waals surface area contributed by atoms with Gasteiger partial charge in [-0.3, -0.25) is 24.2 Å². The van der Waals surface area contributed by atoms with E-state index >= 15 is 0 Å². The lowest BCUT2D eigenvalue weighted by molar-refractivity contribution is -0.144. The van der Waals surface area contributed by atoms with Crippen molar-refractivity contribution in [3.8, 4) is 0 Å². The Morgan fingerprint density at radius 2 is 1.83 bits per heavy atom. The van der Waals surface area contributed by atoms with E-state index in [1.54, 1.807) is 25.1 Å². The second-order valence-corrected chi connectivity index (χ2v) is 11.5. The third-order valence-electron chi connectivity index (χ3n) is 7.34. The van der Waals surface area contributed by atoms with Gasteiger partial charge in [0.05, 0.1) is 19.2 Å². The van der Waals surface area contributed by atoms with Crippen molar-refractivity contribution < 1.29 is 23.5 Å². The fourth-order valence-corrected chi connectivity index (χ4v) is 6.32. The number of Topliss-reactive ketones (excluding diaryl/α,β-unsaturated/α-hetero) is 1. The average Bonchev–Trinajstić information content (AvgIpc) is 3.69. The lowest BCUT2D eigenvalue weighted by Crippen LogP contribution is -2.43. The maximum absolute atomic E-state index is 14.9. The first kappa shape index (κ1) is 27.0. The van der Waals surface area contributed by atoms with Crippen molar-refractivity contribution in [3.63, 3.8) is 0 Å². The Hall–Kier alpha value is -2.03. The monoisotopic (exact) mass is 516 g/mol. The smallest absolute Gasteiger partial charge is 0.320 e. The molecule has 3 aliphatic rings. The molecule has 6 nitrogen and oxygen atoms in total. The van der Waals surface area contributed by atoms with Gasteiger partial charge in [-0.1, -0.05) is 36.0 Å². The molecular weight excluding hydrogens is 479 g/mol. The Bertz CT molecular complexity index is 988. The number of likely N-dealkylation sites (tertiary alicyclic amines) is 2. The largest absolute Gasteiger partial charge is 0.465 e. The van der Waals surface area contributed by atoms with Gasteiger partial charge in [0, 0.05) is 36.7 Å². The molecule has 0 spiro atoms. The molecule has 0 N–H and O–H groups in total. The van der Waals surface area contributed by atoms with Gasteiger partial charge in [0.1, 0.15) is 5.82 Å². The normalized spacial score (nSPS) is 24.0. The number of hydrogen-bond donors (Lipinski definition) is 0. The zero-order chi connectivity index (χ0) is 25.7. The van der Waals surface area contributed by atoms with Crippen LogP contribution in [-0.4, -0.2) is 71.2 Å². The van der Waals surface area contributed by atoms with Crippen LogP contribution in [0, 0.1) is 17.7 Å². The molecule has 2 saturated heterocycles. The van der Waals surface area contributed by atoms with Crippen molar-refractivity contribution in [2.75, 3.05) is 39.3 Å². The number of nitrogens with zero attached hydrogens (tertiary/aromatic N) is 2. The molecule has 2 unspecified atom stereocenters. The van der Waals surface area contributed by atoms with Crippen LogP contribution in [-0.2, 0) is 19.1 Å². The summed E-state index contributed by atoms with van der Waals surface area (Å²) in [5.41, 5.74) is 1.62. The Morgan fingerprint density at radius 3 is 2.47 bits per heavy atom. The summed E-state index contributed by atoms with van der Waals surface area (Å²) in [5.74, 6) is -0.0372. The molecule has 3 fully saturated rings. The van der Waals surface area contributed by atoms with Crippen LogP contribution in [0.4, 0.5) is 4.39 Å². The summed E-state index contributed by atoms with van der Waals surface area (Å²) in [6.45, 7) is 6.98. The highest BCUT2D eigenvalue weighted by Gasteiger charge is 2.41. The third-order valence-corrected chi connectivity index (χ3v) is 8.50. The molecule has 2 aliphatic heterocycles. The molecule has 1 aromatic carbocycles. The molecule has 1 saturated carbocycles. The summed E-state index contributed by atoms with van der Waals surface area (Å²) in [7, 11) is 0. The van der Waals surface area contributed by atoms with Crippen molar-refractivity contribution in [2.45, 2.75) is 57.2 Å². The first-order valence-electron chi connectivity index (χ1n) is 13.1. The molecule has 8 heteroatoms. The van der Waals surface area contributed by atoms with E-state index in [9.17, 15) is 18.8 Å². The lowest BCUT2D eigenvalue weighted by Gasteiger charge is -2.39. The summed E-state index contributed by atoms with van der Waals surface area (Å²) in [5, 5.41) is 0.164.